The Hall–Kier alpha value is -1.32. The van der Waals surface area contributed by atoms with E-state index in [0.717, 1.165) is 6.42 Å². The Balaban J connectivity index is 2.29. The Morgan fingerprint density at radius 1 is 1.53 bits per heavy atom. The fourth-order valence-corrected chi connectivity index (χ4v) is 2.69. The SMILES string of the molecule is COC(=O)C12C=CC(CC1)C(C(=O)O)C2. The Morgan fingerprint density at radius 3 is 2.73 bits per heavy atom. The third-order valence-corrected chi connectivity index (χ3v) is 3.60. The highest BCUT2D eigenvalue weighted by atomic mass is 16.5. The lowest BCUT2D eigenvalue weighted by molar-refractivity contribution is -0.157. The quantitative estimate of drug-likeness (QED) is 0.549. The van der Waals surface area contributed by atoms with Crippen molar-refractivity contribution in [1.82, 2.24) is 0 Å². The molecule has 3 aliphatic carbocycles. The number of fused-ring (bicyclic) bond motifs is 2. The monoisotopic (exact) mass is 210 g/mol. The van der Waals surface area contributed by atoms with Crippen molar-refractivity contribution >= 4 is 11.9 Å². The Morgan fingerprint density at radius 2 is 2.27 bits per heavy atom. The number of esters is 1. The zero-order valence-electron chi connectivity index (χ0n) is 8.60. The number of carboxylic acid groups (broad SMARTS) is 1. The van der Waals surface area contributed by atoms with Crippen molar-refractivity contribution in [3.63, 3.8) is 0 Å². The number of rotatable bonds is 2. The first-order chi connectivity index (χ1) is 7.09. The van der Waals surface area contributed by atoms with E-state index in [4.69, 9.17) is 9.84 Å². The van der Waals surface area contributed by atoms with Crippen LogP contribution in [0.15, 0.2) is 12.2 Å². The van der Waals surface area contributed by atoms with Crippen LogP contribution in [0.25, 0.3) is 0 Å². The summed E-state index contributed by atoms with van der Waals surface area (Å²) in [5, 5.41) is 9.04. The van der Waals surface area contributed by atoms with Crippen LogP contribution < -0.4 is 0 Å². The Labute approximate surface area is 87.9 Å². The predicted octanol–water partition coefficient (Wildman–Crippen LogP) is 1.22. The average Bonchev–Trinajstić information content (AvgIpc) is 2.29. The first kappa shape index (κ1) is 10.2. The molecule has 3 unspecified atom stereocenters. The van der Waals surface area contributed by atoms with E-state index >= 15 is 0 Å². The molecule has 0 amide bonds. The zero-order chi connectivity index (χ0) is 11.1. The van der Waals surface area contributed by atoms with Crippen molar-refractivity contribution in [3.8, 4) is 0 Å². The minimum atomic E-state index is -0.808. The highest BCUT2D eigenvalue weighted by Crippen LogP contribution is 2.49. The number of ether oxygens (including phenoxy) is 1. The van der Waals surface area contributed by atoms with E-state index in [1.54, 1.807) is 0 Å². The van der Waals surface area contributed by atoms with Crippen molar-refractivity contribution in [3.05, 3.63) is 12.2 Å². The average molecular weight is 210 g/mol. The smallest absolute Gasteiger partial charge is 0.315 e. The Kier molecular flexibility index (Phi) is 2.29. The maximum atomic E-state index is 11.6. The third-order valence-electron chi connectivity index (χ3n) is 3.60. The van der Waals surface area contributed by atoms with Crippen LogP contribution in [0.3, 0.4) is 0 Å². The van der Waals surface area contributed by atoms with Crippen molar-refractivity contribution in [2.75, 3.05) is 7.11 Å². The highest BCUT2D eigenvalue weighted by Gasteiger charge is 2.50. The lowest BCUT2D eigenvalue weighted by Gasteiger charge is -2.42. The summed E-state index contributed by atoms with van der Waals surface area (Å²) in [7, 11) is 1.35. The summed E-state index contributed by atoms with van der Waals surface area (Å²) < 4.78 is 4.75. The van der Waals surface area contributed by atoms with E-state index in [1.807, 2.05) is 12.2 Å². The van der Waals surface area contributed by atoms with Crippen LogP contribution in [0.2, 0.25) is 0 Å². The molecule has 0 saturated heterocycles. The molecule has 0 aliphatic heterocycles. The van der Waals surface area contributed by atoms with Crippen LogP contribution in [0, 0.1) is 17.3 Å². The lowest BCUT2D eigenvalue weighted by atomic mass is 9.60. The second-order valence-corrected chi connectivity index (χ2v) is 4.36. The lowest BCUT2D eigenvalue weighted by Crippen LogP contribution is -2.44. The molecule has 3 atom stereocenters. The molecular formula is C11H14O4. The standard InChI is InChI=1S/C11H14O4/c1-15-10(14)11-4-2-7(3-5-11)8(6-11)9(12)13/h2,4,7-8H,3,5-6H2,1H3,(H,12,13). The third kappa shape index (κ3) is 1.44. The van der Waals surface area contributed by atoms with E-state index in [1.165, 1.54) is 7.11 Å². The van der Waals surface area contributed by atoms with Crippen LogP contribution in [-0.4, -0.2) is 24.2 Å². The number of methoxy groups -OCH3 is 1. The molecule has 1 saturated carbocycles. The van der Waals surface area contributed by atoms with E-state index in [-0.39, 0.29) is 11.9 Å². The maximum Gasteiger partial charge on any atom is 0.315 e. The van der Waals surface area contributed by atoms with Gasteiger partial charge in [-0.2, -0.15) is 0 Å². The molecule has 0 aromatic rings. The molecule has 1 fully saturated rings. The molecule has 82 valence electrons. The van der Waals surface area contributed by atoms with Crippen LogP contribution >= 0.6 is 0 Å². The van der Waals surface area contributed by atoms with E-state index in [0.29, 0.717) is 12.8 Å². The van der Waals surface area contributed by atoms with E-state index in [9.17, 15) is 9.59 Å². The van der Waals surface area contributed by atoms with Gasteiger partial charge in [0.25, 0.3) is 0 Å². The zero-order valence-corrected chi connectivity index (χ0v) is 8.60. The van der Waals surface area contributed by atoms with Gasteiger partial charge in [0.05, 0.1) is 18.4 Å². The second-order valence-electron chi connectivity index (χ2n) is 4.36. The molecule has 4 nitrogen and oxygen atoms in total. The molecule has 0 aromatic carbocycles. The van der Waals surface area contributed by atoms with E-state index in [2.05, 4.69) is 0 Å². The molecule has 4 heteroatoms. The van der Waals surface area contributed by atoms with Gasteiger partial charge in [-0.3, -0.25) is 9.59 Å². The molecule has 3 rings (SSSR count). The summed E-state index contributed by atoms with van der Waals surface area (Å²) in [6.45, 7) is 0. The number of carboxylic acids is 1. The summed E-state index contributed by atoms with van der Waals surface area (Å²) in [6, 6.07) is 0. The van der Waals surface area contributed by atoms with Gasteiger partial charge >= 0.3 is 11.9 Å². The number of aliphatic carboxylic acids is 1. The van der Waals surface area contributed by atoms with Gasteiger partial charge in [0.15, 0.2) is 0 Å². The van der Waals surface area contributed by atoms with Crippen LogP contribution in [0.5, 0.6) is 0 Å². The molecule has 3 aliphatic rings. The number of carbonyl (C=O) groups excluding carboxylic acids is 1. The summed E-state index contributed by atoms with van der Waals surface area (Å²) in [5.41, 5.74) is -0.674. The number of hydrogen-bond acceptors (Lipinski definition) is 3. The first-order valence-corrected chi connectivity index (χ1v) is 5.10. The van der Waals surface area contributed by atoms with Crippen LogP contribution in [0.4, 0.5) is 0 Å². The second kappa shape index (κ2) is 3.36. The maximum absolute atomic E-state index is 11.6. The summed E-state index contributed by atoms with van der Waals surface area (Å²) in [5.74, 6) is -1.45. The molecular weight excluding hydrogens is 196 g/mol. The van der Waals surface area contributed by atoms with Crippen LogP contribution in [0.1, 0.15) is 19.3 Å². The van der Waals surface area contributed by atoms with Crippen LogP contribution in [-0.2, 0) is 14.3 Å². The molecule has 0 spiro atoms. The fourth-order valence-electron chi connectivity index (χ4n) is 2.69. The minimum absolute atomic E-state index is 0.0917. The van der Waals surface area contributed by atoms with Gasteiger partial charge in [0.1, 0.15) is 0 Å². The molecule has 0 radical (unpaired) electrons. The van der Waals surface area contributed by atoms with E-state index < -0.39 is 17.3 Å². The van der Waals surface area contributed by atoms with Crippen molar-refractivity contribution in [2.24, 2.45) is 17.3 Å². The van der Waals surface area contributed by atoms with Crippen molar-refractivity contribution in [2.45, 2.75) is 19.3 Å². The molecule has 2 bridgehead atoms. The molecule has 15 heavy (non-hydrogen) atoms. The number of allylic oxidation sites excluding steroid dienone is 1. The largest absolute Gasteiger partial charge is 0.481 e. The fraction of sp³-hybridized carbons (Fsp3) is 0.636. The van der Waals surface area contributed by atoms with Gasteiger partial charge in [-0.1, -0.05) is 12.2 Å². The molecule has 1 N–H and O–H groups in total. The number of carbonyl (C=O) groups is 2. The van der Waals surface area contributed by atoms with Gasteiger partial charge in [0.2, 0.25) is 0 Å². The van der Waals surface area contributed by atoms with Gasteiger partial charge in [-0.05, 0) is 25.2 Å². The molecule has 0 heterocycles. The predicted molar refractivity (Wildman–Crippen MR) is 52.1 cm³/mol. The normalized spacial score (nSPS) is 37.7. The minimum Gasteiger partial charge on any atom is -0.481 e. The Bertz CT molecular complexity index is 333. The van der Waals surface area contributed by atoms with Crippen molar-refractivity contribution in [1.29, 1.82) is 0 Å². The van der Waals surface area contributed by atoms with Gasteiger partial charge in [-0.25, -0.2) is 0 Å². The topological polar surface area (TPSA) is 63.6 Å². The van der Waals surface area contributed by atoms with Gasteiger partial charge in [0, 0.05) is 0 Å². The number of hydrogen-bond donors (Lipinski definition) is 1. The summed E-state index contributed by atoms with van der Waals surface area (Å²) in [4.78, 5) is 22.7. The molecule has 0 aromatic heterocycles. The summed E-state index contributed by atoms with van der Waals surface area (Å²) in [6.07, 6.45) is 5.57. The van der Waals surface area contributed by atoms with Gasteiger partial charge in [-0.15, -0.1) is 0 Å². The summed E-state index contributed by atoms with van der Waals surface area (Å²) >= 11 is 0. The van der Waals surface area contributed by atoms with Crippen molar-refractivity contribution < 1.29 is 19.4 Å². The first-order valence-electron chi connectivity index (χ1n) is 5.10. The van der Waals surface area contributed by atoms with Gasteiger partial charge < -0.3 is 9.84 Å². The highest BCUT2D eigenvalue weighted by molar-refractivity contribution is 5.82.